The number of carboxylic acid groups (broad SMARTS) is 1. The highest BCUT2D eigenvalue weighted by Crippen LogP contribution is 2.50. The fraction of sp³-hybridized carbons (Fsp3) is 0.182. The molecule has 1 aromatic heterocycles. The van der Waals surface area contributed by atoms with E-state index in [-0.39, 0.29) is 23.1 Å². The minimum Gasteiger partial charge on any atom is -0.478 e. The molecule has 1 aliphatic carbocycles. The molecule has 8 heteroatoms. The van der Waals surface area contributed by atoms with Crippen molar-refractivity contribution in [2.45, 2.75) is 24.3 Å². The van der Waals surface area contributed by atoms with Crippen LogP contribution in [0.4, 0.5) is 10.5 Å². The summed E-state index contributed by atoms with van der Waals surface area (Å²) < 4.78 is 0. The lowest BCUT2D eigenvalue weighted by Gasteiger charge is -2.43. The first-order valence-corrected chi connectivity index (χ1v) is 9.80. The van der Waals surface area contributed by atoms with Gasteiger partial charge >= 0.3 is 12.0 Å². The van der Waals surface area contributed by atoms with E-state index in [1.807, 2.05) is 24.3 Å². The van der Waals surface area contributed by atoms with Crippen molar-refractivity contribution in [1.29, 1.82) is 0 Å². The SMILES string of the molecule is O=C(O)c1ccc2cncc(N3C(=O)NC4(CC(c5ccccc5Cl)C4)C3=O)c2c1. The number of aromatic carboxylic acids is 1. The molecule has 2 heterocycles. The smallest absolute Gasteiger partial charge is 0.335 e. The number of aromatic nitrogens is 1. The predicted octanol–water partition coefficient (Wildman–Crippen LogP) is 3.96. The van der Waals surface area contributed by atoms with Crippen molar-refractivity contribution < 1.29 is 19.5 Å². The summed E-state index contributed by atoms with van der Waals surface area (Å²) in [5, 5.41) is 13.9. The summed E-state index contributed by atoms with van der Waals surface area (Å²) >= 11 is 6.28. The number of imide groups is 1. The van der Waals surface area contributed by atoms with Gasteiger partial charge in [0, 0.05) is 22.0 Å². The molecule has 5 rings (SSSR count). The molecule has 1 saturated heterocycles. The second-order valence-electron chi connectivity index (χ2n) is 7.68. The van der Waals surface area contributed by atoms with Crippen LogP contribution in [0.5, 0.6) is 0 Å². The molecule has 150 valence electrons. The number of nitrogens with zero attached hydrogens (tertiary/aromatic N) is 2. The Hall–Kier alpha value is -3.45. The summed E-state index contributed by atoms with van der Waals surface area (Å²) in [6.45, 7) is 0. The molecule has 0 atom stereocenters. The number of halogens is 1. The van der Waals surface area contributed by atoms with Crippen LogP contribution in [0.15, 0.2) is 54.9 Å². The van der Waals surface area contributed by atoms with Crippen molar-refractivity contribution in [3.8, 4) is 0 Å². The minimum atomic E-state index is -1.09. The number of fused-ring (bicyclic) bond motifs is 1. The van der Waals surface area contributed by atoms with E-state index in [1.165, 1.54) is 18.3 Å². The Bertz CT molecular complexity index is 1240. The summed E-state index contributed by atoms with van der Waals surface area (Å²) in [6.07, 6.45) is 3.89. The number of hydrogen-bond donors (Lipinski definition) is 2. The van der Waals surface area contributed by atoms with Crippen molar-refractivity contribution in [2.75, 3.05) is 4.90 Å². The fourth-order valence-corrected chi connectivity index (χ4v) is 4.67. The lowest BCUT2D eigenvalue weighted by Crippen LogP contribution is -2.56. The Kier molecular flexibility index (Phi) is 4.04. The third-order valence-corrected chi connectivity index (χ3v) is 6.27. The zero-order chi connectivity index (χ0) is 21.0. The number of hydrogen-bond acceptors (Lipinski definition) is 4. The van der Waals surface area contributed by atoms with Gasteiger partial charge in [-0.3, -0.25) is 9.78 Å². The average Bonchev–Trinajstić information content (AvgIpc) is 2.97. The molecule has 0 unspecified atom stereocenters. The van der Waals surface area contributed by atoms with Gasteiger partial charge < -0.3 is 10.4 Å². The topological polar surface area (TPSA) is 99.6 Å². The summed E-state index contributed by atoms with van der Waals surface area (Å²) in [4.78, 5) is 42.7. The van der Waals surface area contributed by atoms with Gasteiger partial charge in [0.15, 0.2) is 0 Å². The highest BCUT2D eigenvalue weighted by molar-refractivity contribution is 6.31. The number of benzene rings is 2. The number of urea groups is 1. The highest BCUT2D eigenvalue weighted by Gasteiger charge is 2.59. The highest BCUT2D eigenvalue weighted by atomic mass is 35.5. The number of rotatable bonds is 3. The van der Waals surface area contributed by atoms with Crippen LogP contribution in [0.2, 0.25) is 5.02 Å². The van der Waals surface area contributed by atoms with E-state index >= 15 is 0 Å². The van der Waals surface area contributed by atoms with Gasteiger partial charge in [0.2, 0.25) is 0 Å². The molecular formula is C22H16ClN3O4. The van der Waals surface area contributed by atoms with E-state index in [0.29, 0.717) is 28.6 Å². The number of pyridine rings is 1. The molecule has 2 aliphatic rings. The molecule has 2 N–H and O–H groups in total. The van der Waals surface area contributed by atoms with Gasteiger partial charge in [-0.2, -0.15) is 0 Å². The zero-order valence-electron chi connectivity index (χ0n) is 15.6. The third-order valence-electron chi connectivity index (χ3n) is 5.92. The molecule has 0 radical (unpaired) electrons. The number of carboxylic acids is 1. The summed E-state index contributed by atoms with van der Waals surface area (Å²) in [5.41, 5.74) is 0.326. The molecule has 2 aromatic carbocycles. The van der Waals surface area contributed by atoms with E-state index in [4.69, 9.17) is 11.6 Å². The number of anilines is 1. The standard InChI is InChI=1S/C22H16ClN3O4/c23-17-4-2-1-3-15(17)14-8-22(9-14)20(29)26(21(30)25-22)18-11-24-10-13-6-5-12(19(27)28)7-16(13)18/h1-7,10-11,14H,8-9H2,(H,25,30)(H,27,28). The largest absolute Gasteiger partial charge is 0.478 e. The molecule has 3 amide bonds. The van der Waals surface area contributed by atoms with Gasteiger partial charge in [0.1, 0.15) is 5.54 Å². The molecule has 3 aromatic rings. The van der Waals surface area contributed by atoms with Crippen LogP contribution in [-0.4, -0.2) is 33.5 Å². The van der Waals surface area contributed by atoms with Crippen LogP contribution in [0.1, 0.15) is 34.7 Å². The fourth-order valence-electron chi connectivity index (χ4n) is 4.38. The number of carbonyl (C=O) groups excluding carboxylic acids is 2. The second-order valence-corrected chi connectivity index (χ2v) is 8.09. The van der Waals surface area contributed by atoms with Gasteiger partial charge in [-0.1, -0.05) is 35.9 Å². The average molecular weight is 422 g/mol. The van der Waals surface area contributed by atoms with E-state index in [0.717, 1.165) is 10.5 Å². The van der Waals surface area contributed by atoms with Crippen molar-refractivity contribution >= 4 is 46.0 Å². The molecule has 1 saturated carbocycles. The Morgan fingerprint density at radius 2 is 1.93 bits per heavy atom. The van der Waals surface area contributed by atoms with Crippen LogP contribution in [0.3, 0.4) is 0 Å². The van der Waals surface area contributed by atoms with Crippen molar-refractivity contribution in [2.24, 2.45) is 0 Å². The first-order valence-electron chi connectivity index (χ1n) is 9.42. The lowest BCUT2D eigenvalue weighted by molar-refractivity contribution is -0.125. The second kappa shape index (κ2) is 6.53. The monoisotopic (exact) mass is 421 g/mol. The maximum absolute atomic E-state index is 13.3. The lowest BCUT2D eigenvalue weighted by atomic mass is 9.65. The Labute approximate surface area is 176 Å². The van der Waals surface area contributed by atoms with Crippen molar-refractivity contribution in [1.82, 2.24) is 10.3 Å². The van der Waals surface area contributed by atoms with Gasteiger partial charge in [-0.15, -0.1) is 0 Å². The van der Waals surface area contributed by atoms with Crippen LogP contribution in [-0.2, 0) is 4.79 Å². The van der Waals surface area contributed by atoms with Crippen molar-refractivity contribution in [3.05, 3.63) is 71.0 Å². The van der Waals surface area contributed by atoms with Crippen LogP contribution in [0, 0.1) is 0 Å². The third kappa shape index (κ3) is 2.66. The molecule has 7 nitrogen and oxygen atoms in total. The Morgan fingerprint density at radius 1 is 1.17 bits per heavy atom. The van der Waals surface area contributed by atoms with Gasteiger partial charge in [0.05, 0.1) is 17.4 Å². The first kappa shape index (κ1) is 18.6. The van der Waals surface area contributed by atoms with Crippen LogP contribution in [0.25, 0.3) is 10.8 Å². The van der Waals surface area contributed by atoms with E-state index < -0.39 is 17.5 Å². The van der Waals surface area contributed by atoms with E-state index in [1.54, 1.807) is 12.3 Å². The minimum absolute atomic E-state index is 0.0687. The van der Waals surface area contributed by atoms with Crippen LogP contribution >= 0.6 is 11.6 Å². The molecule has 2 fully saturated rings. The summed E-state index contributed by atoms with van der Waals surface area (Å²) in [5.74, 6) is -1.37. The molecule has 0 bridgehead atoms. The maximum atomic E-state index is 13.3. The molecule has 1 aliphatic heterocycles. The molecular weight excluding hydrogens is 406 g/mol. The maximum Gasteiger partial charge on any atom is 0.335 e. The number of amides is 3. The number of nitrogens with one attached hydrogen (secondary N) is 1. The molecule has 1 spiro atoms. The first-order chi connectivity index (χ1) is 14.4. The van der Waals surface area contributed by atoms with Gasteiger partial charge in [-0.05, 0) is 42.5 Å². The van der Waals surface area contributed by atoms with Crippen molar-refractivity contribution in [3.63, 3.8) is 0 Å². The summed E-state index contributed by atoms with van der Waals surface area (Å²) in [6, 6.07) is 11.5. The Morgan fingerprint density at radius 3 is 2.67 bits per heavy atom. The zero-order valence-corrected chi connectivity index (χ0v) is 16.4. The van der Waals surface area contributed by atoms with Gasteiger partial charge in [-0.25, -0.2) is 14.5 Å². The quantitative estimate of drug-likeness (QED) is 0.623. The Balaban J connectivity index is 1.50. The van der Waals surface area contributed by atoms with Gasteiger partial charge in [0.25, 0.3) is 5.91 Å². The normalized spacial score (nSPS) is 23.0. The van der Waals surface area contributed by atoms with E-state index in [2.05, 4.69) is 10.3 Å². The number of carbonyl (C=O) groups is 3. The molecule has 30 heavy (non-hydrogen) atoms. The van der Waals surface area contributed by atoms with E-state index in [9.17, 15) is 19.5 Å². The predicted molar refractivity (Wildman–Crippen MR) is 111 cm³/mol. The van der Waals surface area contributed by atoms with Crippen LogP contribution < -0.4 is 10.2 Å². The summed E-state index contributed by atoms with van der Waals surface area (Å²) in [7, 11) is 0.